The van der Waals surface area contributed by atoms with E-state index in [2.05, 4.69) is 15.5 Å². The summed E-state index contributed by atoms with van der Waals surface area (Å²) < 4.78 is 65.8. The molecule has 0 fully saturated rings. The molecule has 170 valence electrons. The minimum atomic E-state index is -4.53. The highest BCUT2D eigenvalue weighted by atomic mass is 32.2. The van der Waals surface area contributed by atoms with E-state index in [9.17, 15) is 26.4 Å². The van der Waals surface area contributed by atoms with Crippen molar-refractivity contribution >= 4 is 28.1 Å². The average molecular weight is 486 g/mol. The third-order valence-corrected chi connectivity index (χ3v) is 6.58. The number of nitrogens with one attached hydrogen (secondary N) is 2. The summed E-state index contributed by atoms with van der Waals surface area (Å²) in [4.78, 5) is 12.5. The zero-order valence-corrected chi connectivity index (χ0v) is 18.5. The van der Waals surface area contributed by atoms with E-state index in [1.54, 1.807) is 0 Å². The van der Waals surface area contributed by atoms with Crippen molar-refractivity contribution in [2.75, 3.05) is 14.1 Å². The van der Waals surface area contributed by atoms with Crippen molar-refractivity contribution in [2.24, 2.45) is 0 Å². The van der Waals surface area contributed by atoms with Crippen molar-refractivity contribution in [2.45, 2.75) is 17.6 Å². The molecule has 1 amide bonds. The molecule has 0 saturated carbocycles. The number of hydrogen-bond donors (Lipinski definition) is 2. The van der Waals surface area contributed by atoms with E-state index >= 15 is 0 Å². The summed E-state index contributed by atoms with van der Waals surface area (Å²) in [6.45, 7) is -0.139. The molecule has 3 rings (SSSR count). The van der Waals surface area contributed by atoms with Gasteiger partial charge in [0.1, 0.15) is 0 Å². The fourth-order valence-corrected chi connectivity index (χ4v) is 3.94. The number of aromatic amines is 1. The van der Waals surface area contributed by atoms with Gasteiger partial charge in [-0.3, -0.25) is 14.5 Å². The van der Waals surface area contributed by atoms with Gasteiger partial charge in [0.25, 0.3) is 5.91 Å². The number of amides is 1. The topological polar surface area (TPSA) is 100 Å². The molecule has 0 radical (unpaired) electrons. The molecule has 0 atom stereocenters. The van der Waals surface area contributed by atoms with Crippen LogP contribution in [0.25, 0.3) is 5.69 Å². The zero-order chi connectivity index (χ0) is 23.7. The summed E-state index contributed by atoms with van der Waals surface area (Å²) in [7, 11) is -0.838. The summed E-state index contributed by atoms with van der Waals surface area (Å²) in [5.74, 6) is -0.335. The molecule has 0 aliphatic rings. The Morgan fingerprint density at radius 2 is 1.84 bits per heavy atom. The van der Waals surface area contributed by atoms with Gasteiger partial charge in [0.05, 0.1) is 22.7 Å². The normalized spacial score (nSPS) is 12.2. The average Bonchev–Trinajstić information content (AvgIpc) is 3.11. The number of hydrogen-bond acceptors (Lipinski definition) is 5. The molecule has 0 aliphatic carbocycles. The smallest absolute Gasteiger partial charge is 0.345 e. The Morgan fingerprint density at radius 3 is 2.44 bits per heavy atom. The number of sulfonamides is 1. The summed E-state index contributed by atoms with van der Waals surface area (Å²) >= 11 is 5.13. The van der Waals surface area contributed by atoms with Gasteiger partial charge in [0.2, 0.25) is 10.0 Å². The van der Waals surface area contributed by atoms with Gasteiger partial charge in [-0.2, -0.15) is 18.3 Å². The maximum atomic E-state index is 13.0. The second-order valence-corrected chi connectivity index (χ2v) is 9.36. The van der Waals surface area contributed by atoms with Crippen molar-refractivity contribution in [3.63, 3.8) is 0 Å². The second-order valence-electron chi connectivity index (χ2n) is 6.82. The van der Waals surface area contributed by atoms with Gasteiger partial charge in [-0.1, -0.05) is 6.07 Å². The minimum absolute atomic E-state index is 0.0319. The van der Waals surface area contributed by atoms with Gasteiger partial charge in [0.15, 0.2) is 10.6 Å². The Balaban J connectivity index is 1.79. The predicted octanol–water partition coefficient (Wildman–Crippen LogP) is 3.13. The Morgan fingerprint density at radius 1 is 1.19 bits per heavy atom. The van der Waals surface area contributed by atoms with Crippen molar-refractivity contribution in [3.05, 3.63) is 70.3 Å². The summed E-state index contributed by atoms with van der Waals surface area (Å²) in [5, 5.41) is 9.08. The monoisotopic (exact) mass is 485 g/mol. The molecule has 8 nitrogen and oxygen atoms in total. The lowest BCUT2D eigenvalue weighted by atomic mass is 10.2. The van der Waals surface area contributed by atoms with E-state index < -0.39 is 27.7 Å². The molecule has 32 heavy (non-hydrogen) atoms. The van der Waals surface area contributed by atoms with Crippen molar-refractivity contribution in [1.82, 2.24) is 24.4 Å². The minimum Gasteiger partial charge on any atom is -0.345 e. The van der Waals surface area contributed by atoms with E-state index in [1.807, 2.05) is 0 Å². The molecule has 13 heteroatoms. The first kappa shape index (κ1) is 23.6. The van der Waals surface area contributed by atoms with Gasteiger partial charge in [-0.15, -0.1) is 0 Å². The van der Waals surface area contributed by atoms with E-state index in [4.69, 9.17) is 12.2 Å². The first-order valence-electron chi connectivity index (χ1n) is 9.06. The molecule has 2 N–H and O–H groups in total. The summed E-state index contributed by atoms with van der Waals surface area (Å²) in [6, 6.07) is 9.89. The molecule has 1 aromatic heterocycles. The highest BCUT2D eigenvalue weighted by Gasteiger charge is 2.30. The number of aromatic nitrogens is 3. The lowest BCUT2D eigenvalue weighted by Crippen LogP contribution is -2.25. The van der Waals surface area contributed by atoms with Crippen molar-refractivity contribution in [3.8, 4) is 5.69 Å². The second kappa shape index (κ2) is 8.84. The molecule has 0 unspecified atom stereocenters. The number of H-pyrrole nitrogens is 1. The molecule has 0 bridgehead atoms. The molecule has 0 aliphatic heterocycles. The number of alkyl halides is 3. The molecule has 0 saturated heterocycles. The molecule has 2 aromatic carbocycles. The SMILES string of the molecule is CN(C)S(=O)(=O)c1ccc(C(=O)NCc2n[nH]c(=S)n2-c2cccc(C(F)(F)F)c2)cc1. The van der Waals surface area contributed by atoms with Crippen LogP contribution in [-0.4, -0.2) is 47.5 Å². The molecular formula is C19H18F3N5O3S2. The standard InChI is InChI=1S/C19H18F3N5O3S2/c1-26(2)32(29,30)15-8-6-12(7-9-15)17(28)23-11-16-24-25-18(31)27(16)14-5-3-4-13(10-14)19(20,21)22/h3-10H,11H2,1-2H3,(H,23,28)(H,25,31). The summed E-state index contributed by atoms with van der Waals surface area (Å²) in [6.07, 6.45) is -4.53. The lowest BCUT2D eigenvalue weighted by molar-refractivity contribution is -0.137. The fourth-order valence-electron chi connectivity index (χ4n) is 2.79. The van der Waals surface area contributed by atoms with Gasteiger partial charge in [0, 0.05) is 19.7 Å². The van der Waals surface area contributed by atoms with Crippen LogP contribution in [0.15, 0.2) is 53.4 Å². The van der Waals surface area contributed by atoms with E-state index in [0.29, 0.717) is 0 Å². The first-order valence-corrected chi connectivity index (χ1v) is 10.9. The van der Waals surface area contributed by atoms with Crippen LogP contribution in [0.3, 0.4) is 0 Å². The number of rotatable bonds is 6. The van der Waals surface area contributed by atoms with Crippen molar-refractivity contribution < 1.29 is 26.4 Å². The Bertz CT molecular complexity index is 1300. The van der Waals surface area contributed by atoms with Gasteiger partial charge >= 0.3 is 6.18 Å². The van der Waals surface area contributed by atoms with Crippen LogP contribution in [0.2, 0.25) is 0 Å². The molecule has 0 spiro atoms. The number of nitrogens with zero attached hydrogens (tertiary/aromatic N) is 3. The van der Waals surface area contributed by atoms with Crippen LogP contribution in [0.4, 0.5) is 13.2 Å². The van der Waals surface area contributed by atoms with Crippen LogP contribution < -0.4 is 5.32 Å². The highest BCUT2D eigenvalue weighted by Crippen LogP contribution is 2.30. The molecule has 3 aromatic rings. The van der Waals surface area contributed by atoms with Crippen LogP contribution >= 0.6 is 12.2 Å². The van der Waals surface area contributed by atoms with Crippen LogP contribution in [0, 0.1) is 4.77 Å². The third kappa shape index (κ3) is 4.89. The van der Waals surface area contributed by atoms with Crippen molar-refractivity contribution in [1.29, 1.82) is 0 Å². The number of halogens is 3. The lowest BCUT2D eigenvalue weighted by Gasteiger charge is -2.12. The van der Waals surface area contributed by atoms with E-state index in [1.165, 1.54) is 55.1 Å². The Hall–Kier alpha value is -3.03. The van der Waals surface area contributed by atoms with E-state index in [-0.39, 0.29) is 33.3 Å². The Labute approximate surface area is 186 Å². The van der Waals surface area contributed by atoms with Gasteiger partial charge < -0.3 is 5.32 Å². The van der Waals surface area contributed by atoms with Crippen LogP contribution in [-0.2, 0) is 22.7 Å². The molecule has 1 heterocycles. The Kier molecular flexibility index (Phi) is 6.53. The predicted molar refractivity (Wildman–Crippen MR) is 112 cm³/mol. The maximum Gasteiger partial charge on any atom is 0.416 e. The fraction of sp³-hybridized carbons (Fsp3) is 0.211. The van der Waals surface area contributed by atoms with E-state index in [0.717, 1.165) is 16.4 Å². The first-order chi connectivity index (χ1) is 14.9. The number of carbonyl (C=O) groups excluding carboxylic acids is 1. The number of carbonyl (C=O) groups is 1. The van der Waals surface area contributed by atoms with Crippen LogP contribution in [0.1, 0.15) is 21.7 Å². The third-order valence-electron chi connectivity index (χ3n) is 4.48. The van der Waals surface area contributed by atoms with Gasteiger partial charge in [-0.05, 0) is 54.7 Å². The highest BCUT2D eigenvalue weighted by molar-refractivity contribution is 7.89. The van der Waals surface area contributed by atoms with Crippen LogP contribution in [0.5, 0.6) is 0 Å². The molecular weight excluding hydrogens is 467 g/mol. The summed E-state index contributed by atoms with van der Waals surface area (Å²) in [5.41, 5.74) is -0.510. The largest absolute Gasteiger partial charge is 0.416 e. The number of benzene rings is 2. The quantitative estimate of drug-likeness (QED) is 0.523. The zero-order valence-electron chi connectivity index (χ0n) is 16.8. The van der Waals surface area contributed by atoms with Gasteiger partial charge in [-0.25, -0.2) is 12.7 Å². The maximum absolute atomic E-state index is 13.0.